The van der Waals surface area contributed by atoms with Crippen molar-refractivity contribution in [3.8, 4) is 5.75 Å². The summed E-state index contributed by atoms with van der Waals surface area (Å²) in [6, 6.07) is 4.07. The minimum atomic E-state index is 0.0533. The van der Waals surface area contributed by atoms with Crippen LogP contribution in [0.1, 0.15) is 23.5 Å². The lowest BCUT2D eigenvalue weighted by Gasteiger charge is -2.02. The Bertz CT molecular complexity index is 581. The summed E-state index contributed by atoms with van der Waals surface area (Å²) in [6.45, 7) is 0.403. The molecule has 20 heavy (non-hydrogen) atoms. The molecule has 0 atom stereocenters. The molecule has 1 fully saturated rings. The third kappa shape index (κ3) is 3.77. The van der Waals surface area contributed by atoms with Gasteiger partial charge in [0.1, 0.15) is 17.4 Å². The van der Waals surface area contributed by atoms with E-state index in [1.165, 1.54) is 11.3 Å². The van der Waals surface area contributed by atoms with E-state index in [1.807, 2.05) is 17.5 Å². The highest BCUT2D eigenvalue weighted by Gasteiger charge is 2.23. The van der Waals surface area contributed by atoms with Crippen LogP contribution in [0.3, 0.4) is 0 Å². The number of carbonyl (C=O) groups is 1. The van der Waals surface area contributed by atoms with Crippen LogP contribution in [0.4, 0.5) is 0 Å². The average Bonchev–Trinajstić information content (AvgIpc) is 3.15. The molecule has 0 bridgehead atoms. The van der Waals surface area contributed by atoms with Gasteiger partial charge in [-0.3, -0.25) is 9.78 Å². The number of amides is 1. The van der Waals surface area contributed by atoms with Gasteiger partial charge in [0.05, 0.1) is 18.3 Å². The van der Waals surface area contributed by atoms with Gasteiger partial charge in [0.25, 0.3) is 0 Å². The summed E-state index contributed by atoms with van der Waals surface area (Å²) in [5.41, 5.74) is 0.804. The number of ether oxygens (including phenoxy) is 1. The topological polar surface area (TPSA) is 64.1 Å². The molecule has 104 valence electrons. The van der Waals surface area contributed by atoms with Crippen molar-refractivity contribution in [3.63, 3.8) is 0 Å². The Balaban J connectivity index is 1.49. The van der Waals surface area contributed by atoms with Crippen molar-refractivity contribution in [2.24, 2.45) is 0 Å². The first-order chi connectivity index (χ1) is 9.79. The smallest absolute Gasteiger partial charge is 0.226 e. The Hall–Kier alpha value is -1.95. The summed E-state index contributed by atoms with van der Waals surface area (Å²) in [5, 5.41) is 5.73. The summed E-state index contributed by atoms with van der Waals surface area (Å²) < 4.78 is 5.57. The second-order valence-corrected chi connectivity index (χ2v) is 5.67. The van der Waals surface area contributed by atoms with Crippen LogP contribution in [-0.4, -0.2) is 21.9 Å². The maximum absolute atomic E-state index is 11.7. The van der Waals surface area contributed by atoms with E-state index in [0.717, 1.165) is 29.3 Å². The van der Waals surface area contributed by atoms with Crippen molar-refractivity contribution in [3.05, 3.63) is 40.6 Å². The Labute approximate surface area is 121 Å². The molecule has 1 N–H and O–H groups in total. The lowest BCUT2D eigenvalue weighted by atomic mass is 10.3. The first-order valence-electron chi connectivity index (χ1n) is 6.55. The molecule has 0 radical (unpaired) electrons. The van der Waals surface area contributed by atoms with Gasteiger partial charge in [-0.2, -0.15) is 0 Å². The van der Waals surface area contributed by atoms with E-state index < -0.39 is 0 Å². The number of hydrogen-bond donors (Lipinski definition) is 1. The fraction of sp³-hybridized carbons (Fsp3) is 0.357. The number of nitrogens with one attached hydrogen (secondary N) is 1. The number of carbonyl (C=O) groups excluding carboxylic acids is 1. The Morgan fingerprint density at radius 3 is 3.15 bits per heavy atom. The molecule has 0 spiro atoms. The zero-order valence-corrected chi connectivity index (χ0v) is 11.7. The largest absolute Gasteiger partial charge is 0.485 e. The average molecular weight is 289 g/mol. The van der Waals surface area contributed by atoms with Gasteiger partial charge in [-0.1, -0.05) is 0 Å². The van der Waals surface area contributed by atoms with Gasteiger partial charge in [-0.25, -0.2) is 4.98 Å². The fourth-order valence-corrected chi connectivity index (χ4v) is 2.45. The number of rotatable bonds is 6. The number of pyridine rings is 1. The highest BCUT2D eigenvalue weighted by molar-refractivity contribution is 7.09. The van der Waals surface area contributed by atoms with Gasteiger partial charge in [0, 0.05) is 17.6 Å². The lowest BCUT2D eigenvalue weighted by Crippen LogP contribution is -2.27. The number of hydrogen-bond acceptors (Lipinski definition) is 5. The molecule has 5 nitrogen and oxygen atoms in total. The van der Waals surface area contributed by atoms with Crippen molar-refractivity contribution in [2.75, 3.05) is 0 Å². The van der Waals surface area contributed by atoms with Gasteiger partial charge >= 0.3 is 0 Å². The zero-order valence-electron chi connectivity index (χ0n) is 10.9. The highest BCUT2D eigenvalue weighted by Crippen LogP contribution is 2.19. The number of aromatic nitrogens is 2. The summed E-state index contributed by atoms with van der Waals surface area (Å²) in [6.07, 6.45) is 5.92. The van der Waals surface area contributed by atoms with Crippen LogP contribution in [0, 0.1) is 0 Å². The molecule has 1 saturated carbocycles. The Morgan fingerprint density at radius 2 is 2.40 bits per heavy atom. The highest BCUT2D eigenvalue weighted by atomic mass is 32.1. The van der Waals surface area contributed by atoms with E-state index in [-0.39, 0.29) is 5.91 Å². The molecule has 1 amide bonds. The Morgan fingerprint density at radius 1 is 1.50 bits per heavy atom. The van der Waals surface area contributed by atoms with E-state index in [4.69, 9.17) is 4.74 Å². The van der Waals surface area contributed by atoms with E-state index in [2.05, 4.69) is 15.3 Å². The van der Waals surface area contributed by atoms with E-state index in [0.29, 0.717) is 19.1 Å². The molecule has 0 aliphatic heterocycles. The van der Waals surface area contributed by atoms with E-state index in [1.54, 1.807) is 12.4 Å². The molecule has 1 aliphatic rings. The van der Waals surface area contributed by atoms with Crippen LogP contribution < -0.4 is 10.1 Å². The second-order valence-electron chi connectivity index (χ2n) is 4.73. The molecule has 0 unspecified atom stereocenters. The van der Waals surface area contributed by atoms with Crippen molar-refractivity contribution in [1.82, 2.24) is 15.3 Å². The molecular weight excluding hydrogens is 274 g/mol. The minimum Gasteiger partial charge on any atom is -0.485 e. The summed E-state index contributed by atoms with van der Waals surface area (Å²) in [5.74, 6) is 0.772. The van der Waals surface area contributed by atoms with Crippen LogP contribution in [0.25, 0.3) is 0 Å². The molecule has 2 heterocycles. The molecular formula is C14H15N3O2S. The van der Waals surface area contributed by atoms with Gasteiger partial charge in [0.15, 0.2) is 0 Å². The quantitative estimate of drug-likeness (QED) is 0.882. The lowest BCUT2D eigenvalue weighted by molar-refractivity contribution is -0.120. The molecule has 0 saturated heterocycles. The van der Waals surface area contributed by atoms with Crippen molar-refractivity contribution < 1.29 is 9.53 Å². The maximum Gasteiger partial charge on any atom is 0.226 e. The minimum absolute atomic E-state index is 0.0533. The van der Waals surface area contributed by atoms with Crippen molar-refractivity contribution in [2.45, 2.75) is 31.9 Å². The maximum atomic E-state index is 11.7. The third-order valence-corrected chi connectivity index (χ3v) is 3.75. The predicted octanol–water partition coefficient (Wildman–Crippen LogP) is 1.94. The monoisotopic (exact) mass is 289 g/mol. The van der Waals surface area contributed by atoms with Gasteiger partial charge in [-0.15, -0.1) is 11.3 Å². The van der Waals surface area contributed by atoms with Crippen LogP contribution in [-0.2, 0) is 17.8 Å². The molecule has 3 rings (SSSR count). The van der Waals surface area contributed by atoms with Crippen LogP contribution >= 0.6 is 11.3 Å². The SMILES string of the molecule is O=C(Cc1csc(COc2cccnc2)n1)NC1CC1. The van der Waals surface area contributed by atoms with E-state index >= 15 is 0 Å². The Kier molecular flexibility index (Phi) is 3.92. The summed E-state index contributed by atoms with van der Waals surface area (Å²) in [7, 11) is 0. The number of nitrogens with zero attached hydrogens (tertiary/aromatic N) is 2. The van der Waals surface area contributed by atoms with Gasteiger partial charge < -0.3 is 10.1 Å². The van der Waals surface area contributed by atoms with Crippen molar-refractivity contribution >= 4 is 17.2 Å². The molecule has 0 aromatic carbocycles. The van der Waals surface area contributed by atoms with Crippen LogP contribution in [0.2, 0.25) is 0 Å². The first-order valence-corrected chi connectivity index (χ1v) is 7.43. The van der Waals surface area contributed by atoms with Gasteiger partial charge in [0.2, 0.25) is 5.91 Å². The second kappa shape index (κ2) is 6.00. The van der Waals surface area contributed by atoms with Gasteiger partial charge in [-0.05, 0) is 25.0 Å². The summed E-state index contributed by atoms with van der Waals surface area (Å²) >= 11 is 1.51. The van der Waals surface area contributed by atoms with Crippen LogP contribution in [0.5, 0.6) is 5.75 Å². The molecule has 1 aliphatic carbocycles. The molecule has 6 heteroatoms. The third-order valence-electron chi connectivity index (χ3n) is 2.88. The normalized spacial score (nSPS) is 14.0. The van der Waals surface area contributed by atoms with E-state index in [9.17, 15) is 4.79 Å². The van der Waals surface area contributed by atoms with Crippen LogP contribution in [0.15, 0.2) is 29.9 Å². The van der Waals surface area contributed by atoms with Crippen molar-refractivity contribution in [1.29, 1.82) is 0 Å². The first kappa shape index (κ1) is 13.1. The summed E-state index contributed by atoms with van der Waals surface area (Å²) in [4.78, 5) is 20.1. The standard InChI is InChI=1S/C14H15N3O2S/c18-13(16-10-3-4-10)6-11-9-20-14(17-11)8-19-12-2-1-5-15-7-12/h1-2,5,7,9-10H,3-4,6,8H2,(H,16,18). The fourth-order valence-electron chi connectivity index (χ4n) is 1.74. The number of thiazole rings is 1. The zero-order chi connectivity index (χ0) is 13.8. The molecule has 2 aromatic heterocycles. The predicted molar refractivity (Wildman–Crippen MR) is 75.6 cm³/mol. The molecule has 2 aromatic rings.